The molecule has 0 unspecified atom stereocenters. The van der Waals surface area contributed by atoms with Crippen molar-refractivity contribution < 1.29 is 19.1 Å². The van der Waals surface area contributed by atoms with Crippen molar-refractivity contribution in [2.75, 3.05) is 23.9 Å². The van der Waals surface area contributed by atoms with Crippen LogP contribution in [-0.4, -0.2) is 41.0 Å². The quantitative estimate of drug-likeness (QED) is 0.308. The van der Waals surface area contributed by atoms with Gasteiger partial charge in [-0.15, -0.1) is 6.42 Å². The van der Waals surface area contributed by atoms with Gasteiger partial charge in [0.05, 0.1) is 31.0 Å². The second-order valence-corrected chi connectivity index (χ2v) is 8.67. The third-order valence-corrected chi connectivity index (χ3v) is 6.38. The number of methoxy groups -OCH3 is 1. The van der Waals surface area contributed by atoms with Gasteiger partial charge < -0.3 is 15.0 Å². The SMILES string of the molecule is C#Cc1cccc(C(=O)c2ccc(N3CCn4ncc(C(=O)Nc5ccc(OC)c(C#N)c5)c4C3=O)cc2)c1. The average molecular weight is 516 g/mol. The third-order valence-electron chi connectivity index (χ3n) is 6.38. The van der Waals surface area contributed by atoms with Gasteiger partial charge >= 0.3 is 0 Å². The van der Waals surface area contributed by atoms with Crippen LogP contribution in [0.3, 0.4) is 0 Å². The van der Waals surface area contributed by atoms with Gasteiger partial charge in [-0.25, -0.2) is 0 Å². The molecule has 190 valence electrons. The lowest BCUT2D eigenvalue weighted by Crippen LogP contribution is -2.41. The summed E-state index contributed by atoms with van der Waals surface area (Å²) in [6.45, 7) is 0.727. The lowest BCUT2D eigenvalue weighted by atomic mass is 10.0. The van der Waals surface area contributed by atoms with Gasteiger partial charge in [0.2, 0.25) is 0 Å². The smallest absolute Gasteiger partial charge is 0.277 e. The molecule has 0 radical (unpaired) electrons. The van der Waals surface area contributed by atoms with Gasteiger partial charge in [-0.05, 0) is 54.6 Å². The van der Waals surface area contributed by atoms with Crippen LogP contribution in [0.15, 0.2) is 72.9 Å². The first-order chi connectivity index (χ1) is 18.9. The molecule has 39 heavy (non-hydrogen) atoms. The van der Waals surface area contributed by atoms with Crippen molar-refractivity contribution in [3.8, 4) is 24.2 Å². The van der Waals surface area contributed by atoms with Gasteiger partial charge in [-0.3, -0.25) is 19.1 Å². The Bertz CT molecular complexity index is 1710. The average Bonchev–Trinajstić information content (AvgIpc) is 3.42. The predicted molar refractivity (Wildman–Crippen MR) is 144 cm³/mol. The molecule has 0 saturated carbocycles. The first-order valence-electron chi connectivity index (χ1n) is 11.9. The van der Waals surface area contributed by atoms with Crippen LogP contribution in [0.1, 0.15) is 47.9 Å². The number of nitrogens with zero attached hydrogens (tertiary/aromatic N) is 4. The molecule has 2 amide bonds. The van der Waals surface area contributed by atoms with Crippen molar-refractivity contribution in [1.82, 2.24) is 9.78 Å². The lowest BCUT2D eigenvalue weighted by molar-refractivity contribution is 0.0946. The molecule has 9 heteroatoms. The normalized spacial score (nSPS) is 12.2. The molecule has 0 spiro atoms. The van der Waals surface area contributed by atoms with Gasteiger partial charge in [0.1, 0.15) is 17.5 Å². The Morgan fingerprint density at radius 2 is 1.85 bits per heavy atom. The number of carbonyl (C=O) groups excluding carboxylic acids is 3. The van der Waals surface area contributed by atoms with Crippen LogP contribution in [-0.2, 0) is 6.54 Å². The Morgan fingerprint density at radius 3 is 2.56 bits per heavy atom. The lowest BCUT2D eigenvalue weighted by Gasteiger charge is -2.28. The number of anilines is 2. The van der Waals surface area contributed by atoms with Crippen LogP contribution >= 0.6 is 0 Å². The highest BCUT2D eigenvalue weighted by molar-refractivity contribution is 6.16. The van der Waals surface area contributed by atoms with E-state index in [1.54, 1.807) is 65.6 Å². The van der Waals surface area contributed by atoms with Gasteiger partial charge in [0.25, 0.3) is 11.8 Å². The first-order valence-corrected chi connectivity index (χ1v) is 11.9. The highest BCUT2D eigenvalue weighted by Gasteiger charge is 2.32. The minimum absolute atomic E-state index is 0.110. The number of ether oxygens (including phenoxy) is 1. The maximum atomic E-state index is 13.5. The second kappa shape index (κ2) is 10.4. The van der Waals surface area contributed by atoms with Crippen molar-refractivity contribution >= 4 is 29.0 Å². The largest absolute Gasteiger partial charge is 0.495 e. The molecular formula is C30H21N5O4. The van der Waals surface area contributed by atoms with Crippen molar-refractivity contribution in [3.05, 3.63) is 106 Å². The number of hydrogen-bond acceptors (Lipinski definition) is 6. The molecule has 0 aliphatic carbocycles. The Morgan fingerprint density at radius 1 is 1.05 bits per heavy atom. The van der Waals surface area contributed by atoms with E-state index in [0.717, 1.165) is 0 Å². The fourth-order valence-corrected chi connectivity index (χ4v) is 4.40. The molecule has 1 aliphatic heterocycles. The number of ketones is 1. The zero-order valence-electron chi connectivity index (χ0n) is 20.8. The van der Waals surface area contributed by atoms with Crippen LogP contribution in [0.2, 0.25) is 0 Å². The first kappa shape index (κ1) is 25.0. The Kier molecular flexibility index (Phi) is 6.64. The second-order valence-electron chi connectivity index (χ2n) is 8.67. The van der Waals surface area contributed by atoms with Crippen LogP contribution in [0.5, 0.6) is 5.75 Å². The summed E-state index contributed by atoms with van der Waals surface area (Å²) in [6.07, 6.45) is 6.80. The van der Waals surface area contributed by atoms with E-state index >= 15 is 0 Å². The van der Waals surface area contributed by atoms with Gasteiger partial charge in [0.15, 0.2) is 5.78 Å². The van der Waals surface area contributed by atoms with Crippen LogP contribution < -0.4 is 15.0 Å². The van der Waals surface area contributed by atoms with E-state index in [1.807, 2.05) is 6.07 Å². The molecule has 0 saturated heterocycles. The molecule has 9 nitrogen and oxygen atoms in total. The van der Waals surface area contributed by atoms with Crippen molar-refractivity contribution in [2.45, 2.75) is 6.54 Å². The van der Waals surface area contributed by atoms with Crippen molar-refractivity contribution in [3.63, 3.8) is 0 Å². The third kappa shape index (κ3) is 4.73. The maximum absolute atomic E-state index is 13.5. The summed E-state index contributed by atoms with van der Waals surface area (Å²) in [5.41, 5.74) is 3.04. The molecule has 0 atom stereocenters. The van der Waals surface area contributed by atoms with Gasteiger partial charge in [-0.1, -0.05) is 18.1 Å². The Hall–Kier alpha value is -5.67. The maximum Gasteiger partial charge on any atom is 0.277 e. The summed E-state index contributed by atoms with van der Waals surface area (Å²) in [5, 5.41) is 16.3. The van der Waals surface area contributed by atoms with Crippen molar-refractivity contribution in [1.29, 1.82) is 5.26 Å². The molecule has 5 rings (SSSR count). The monoisotopic (exact) mass is 515 g/mol. The standard InChI is InChI=1S/C30H21N5O4/c1-3-19-5-4-6-21(15-19)28(36)20-7-10-24(11-8-20)34-13-14-35-27(30(34)38)25(18-32-35)29(37)33-23-9-12-26(39-2)22(16-23)17-31/h1,4-12,15-16,18H,13-14H2,2H3,(H,33,37). The number of rotatable bonds is 6. The number of hydrogen-bond donors (Lipinski definition) is 1. The van der Waals surface area contributed by atoms with E-state index in [2.05, 4.69) is 16.3 Å². The van der Waals surface area contributed by atoms with E-state index in [4.69, 9.17) is 11.2 Å². The molecule has 1 aliphatic rings. The molecule has 1 aromatic heterocycles. The summed E-state index contributed by atoms with van der Waals surface area (Å²) in [4.78, 5) is 41.0. The van der Waals surface area contributed by atoms with E-state index in [1.165, 1.54) is 24.1 Å². The van der Waals surface area contributed by atoms with Gasteiger partial charge in [0, 0.05) is 34.6 Å². The Labute approximate surface area is 224 Å². The zero-order chi connectivity index (χ0) is 27.5. The van der Waals surface area contributed by atoms with Crippen LogP contribution in [0, 0.1) is 23.7 Å². The fourth-order valence-electron chi connectivity index (χ4n) is 4.40. The molecule has 2 heterocycles. The number of aromatic nitrogens is 2. The van der Waals surface area contributed by atoms with E-state index in [-0.39, 0.29) is 22.6 Å². The zero-order valence-corrected chi connectivity index (χ0v) is 20.8. The topological polar surface area (TPSA) is 117 Å². The summed E-state index contributed by atoms with van der Waals surface area (Å²) in [5.74, 6) is 1.80. The van der Waals surface area contributed by atoms with Crippen LogP contribution in [0.25, 0.3) is 0 Å². The Balaban J connectivity index is 1.36. The van der Waals surface area contributed by atoms with Crippen molar-refractivity contribution in [2.24, 2.45) is 0 Å². The molecule has 0 fully saturated rings. The number of nitrogens with one attached hydrogen (secondary N) is 1. The fraction of sp³-hybridized carbons (Fsp3) is 0.100. The molecule has 0 bridgehead atoms. The minimum atomic E-state index is -0.532. The number of nitriles is 1. The number of fused-ring (bicyclic) bond motifs is 1. The predicted octanol–water partition coefficient (Wildman–Crippen LogP) is 3.89. The summed E-state index contributed by atoms with van der Waals surface area (Å²) >= 11 is 0. The molecule has 3 aromatic carbocycles. The number of carbonyl (C=O) groups is 3. The molecular weight excluding hydrogens is 494 g/mol. The number of amides is 2. The highest BCUT2D eigenvalue weighted by Crippen LogP contribution is 2.26. The van der Waals surface area contributed by atoms with E-state index in [0.29, 0.717) is 46.9 Å². The summed E-state index contributed by atoms with van der Waals surface area (Å²) in [6, 6.07) is 20.2. The highest BCUT2D eigenvalue weighted by atomic mass is 16.5. The summed E-state index contributed by atoms with van der Waals surface area (Å²) in [7, 11) is 1.45. The number of terminal acetylenes is 1. The van der Waals surface area contributed by atoms with Gasteiger partial charge in [-0.2, -0.15) is 10.4 Å². The van der Waals surface area contributed by atoms with E-state index < -0.39 is 11.8 Å². The van der Waals surface area contributed by atoms with Crippen LogP contribution in [0.4, 0.5) is 11.4 Å². The molecule has 1 N–H and O–H groups in total. The summed E-state index contributed by atoms with van der Waals surface area (Å²) < 4.78 is 6.64. The molecule has 4 aromatic rings. The van der Waals surface area contributed by atoms with E-state index in [9.17, 15) is 19.6 Å². The minimum Gasteiger partial charge on any atom is -0.495 e. The number of benzene rings is 3.